The Balaban J connectivity index is 2.17. The summed E-state index contributed by atoms with van der Waals surface area (Å²) in [5.74, 6) is 0. The molecule has 0 radical (unpaired) electrons. The molecule has 0 fully saturated rings. The standard InChI is InChI=1S/C16H22N2O4/c1-3-21-15(19)17-11-14-13-8-6-5-7-12(13)9-10-18(14)16(20)22-4-2/h5-8,14H,3-4,9-11H2,1-2H3,(H,17,19)/t14-/m1/s1. The molecule has 1 aromatic carbocycles. The molecule has 0 saturated carbocycles. The number of carbonyl (C=O) groups is 2. The van der Waals surface area contributed by atoms with Gasteiger partial charge in [-0.3, -0.25) is 4.90 Å². The van der Waals surface area contributed by atoms with Crippen LogP contribution in [0.3, 0.4) is 0 Å². The second-order valence-electron chi connectivity index (χ2n) is 4.96. The zero-order chi connectivity index (χ0) is 15.9. The molecule has 2 rings (SSSR count). The summed E-state index contributed by atoms with van der Waals surface area (Å²) < 4.78 is 10.0. The lowest BCUT2D eigenvalue weighted by molar-refractivity contribution is 0.0846. The fourth-order valence-corrected chi connectivity index (χ4v) is 2.66. The number of carbonyl (C=O) groups excluding carboxylic acids is 2. The van der Waals surface area contributed by atoms with Gasteiger partial charge in [-0.1, -0.05) is 24.3 Å². The number of benzene rings is 1. The Bertz CT molecular complexity index is 533. The molecule has 0 bridgehead atoms. The van der Waals surface area contributed by atoms with Crippen molar-refractivity contribution in [1.82, 2.24) is 10.2 Å². The fourth-order valence-electron chi connectivity index (χ4n) is 2.66. The summed E-state index contributed by atoms with van der Waals surface area (Å²) in [6.07, 6.45) is -0.0488. The molecule has 6 nitrogen and oxygen atoms in total. The van der Waals surface area contributed by atoms with Gasteiger partial charge in [0.15, 0.2) is 0 Å². The maximum absolute atomic E-state index is 12.1. The van der Waals surface area contributed by atoms with Crippen molar-refractivity contribution in [3.8, 4) is 0 Å². The van der Waals surface area contributed by atoms with E-state index in [9.17, 15) is 9.59 Å². The van der Waals surface area contributed by atoms with Crippen LogP contribution in [-0.4, -0.2) is 43.4 Å². The molecule has 1 aliphatic heterocycles. The van der Waals surface area contributed by atoms with Crippen LogP contribution in [0.5, 0.6) is 0 Å². The lowest BCUT2D eigenvalue weighted by atomic mass is 9.93. The van der Waals surface area contributed by atoms with Crippen LogP contribution in [0.4, 0.5) is 9.59 Å². The van der Waals surface area contributed by atoms with Crippen molar-refractivity contribution in [2.24, 2.45) is 0 Å². The van der Waals surface area contributed by atoms with Gasteiger partial charge in [-0.05, 0) is 31.4 Å². The van der Waals surface area contributed by atoms with Crippen LogP contribution in [0.25, 0.3) is 0 Å². The molecule has 1 aliphatic rings. The van der Waals surface area contributed by atoms with Gasteiger partial charge in [0.1, 0.15) is 0 Å². The summed E-state index contributed by atoms with van der Waals surface area (Å²) in [7, 11) is 0. The number of rotatable bonds is 4. The molecule has 1 atom stereocenters. The average Bonchev–Trinajstić information content (AvgIpc) is 2.53. The van der Waals surface area contributed by atoms with E-state index in [4.69, 9.17) is 9.47 Å². The van der Waals surface area contributed by atoms with Gasteiger partial charge in [-0.15, -0.1) is 0 Å². The molecule has 1 N–H and O–H groups in total. The SMILES string of the molecule is CCOC(=O)NC[C@@H]1c2ccccc2CCN1C(=O)OCC. The normalized spacial score (nSPS) is 16.6. The zero-order valence-corrected chi connectivity index (χ0v) is 13.0. The van der Waals surface area contributed by atoms with E-state index in [2.05, 4.69) is 11.4 Å². The van der Waals surface area contributed by atoms with Crippen LogP contribution in [0.15, 0.2) is 24.3 Å². The second kappa shape index (κ2) is 7.68. The van der Waals surface area contributed by atoms with Gasteiger partial charge < -0.3 is 14.8 Å². The topological polar surface area (TPSA) is 67.9 Å². The Labute approximate surface area is 130 Å². The maximum Gasteiger partial charge on any atom is 0.410 e. The van der Waals surface area contributed by atoms with Gasteiger partial charge in [-0.25, -0.2) is 9.59 Å². The minimum atomic E-state index is -0.477. The van der Waals surface area contributed by atoms with Crippen molar-refractivity contribution in [2.75, 3.05) is 26.3 Å². The minimum Gasteiger partial charge on any atom is -0.450 e. The first-order chi connectivity index (χ1) is 10.7. The molecule has 22 heavy (non-hydrogen) atoms. The van der Waals surface area contributed by atoms with E-state index in [-0.39, 0.29) is 12.1 Å². The Kier molecular flexibility index (Phi) is 5.63. The third kappa shape index (κ3) is 3.69. The third-order valence-corrected chi connectivity index (χ3v) is 3.63. The quantitative estimate of drug-likeness (QED) is 0.928. The van der Waals surface area contributed by atoms with Crippen LogP contribution in [0.2, 0.25) is 0 Å². The third-order valence-electron chi connectivity index (χ3n) is 3.63. The molecule has 0 unspecified atom stereocenters. The summed E-state index contributed by atoms with van der Waals surface area (Å²) in [5, 5.41) is 2.71. The lowest BCUT2D eigenvalue weighted by Gasteiger charge is -2.36. The highest BCUT2D eigenvalue weighted by Crippen LogP contribution is 2.29. The van der Waals surface area contributed by atoms with Gasteiger partial charge in [-0.2, -0.15) is 0 Å². The molecule has 1 heterocycles. The van der Waals surface area contributed by atoms with Gasteiger partial charge in [0.2, 0.25) is 0 Å². The fraction of sp³-hybridized carbons (Fsp3) is 0.500. The van der Waals surface area contributed by atoms with Gasteiger partial charge in [0.25, 0.3) is 0 Å². The first kappa shape index (κ1) is 16.1. The predicted octanol–water partition coefficient (Wildman–Crippen LogP) is 2.49. The molecule has 6 heteroatoms. The number of ether oxygens (including phenoxy) is 2. The molecular formula is C16H22N2O4. The Hall–Kier alpha value is -2.24. The molecule has 0 saturated heterocycles. The number of fused-ring (bicyclic) bond motifs is 1. The number of hydrogen-bond acceptors (Lipinski definition) is 4. The van der Waals surface area contributed by atoms with E-state index in [1.807, 2.05) is 18.2 Å². The van der Waals surface area contributed by atoms with Gasteiger partial charge >= 0.3 is 12.2 Å². The number of alkyl carbamates (subject to hydrolysis) is 1. The summed E-state index contributed by atoms with van der Waals surface area (Å²) >= 11 is 0. The maximum atomic E-state index is 12.1. The van der Waals surface area contributed by atoms with Gasteiger partial charge in [0, 0.05) is 13.1 Å². The van der Waals surface area contributed by atoms with Crippen LogP contribution in [0, 0.1) is 0 Å². The summed E-state index contributed by atoms with van der Waals surface area (Å²) in [5.41, 5.74) is 2.23. The van der Waals surface area contributed by atoms with Crippen LogP contribution in [0.1, 0.15) is 31.0 Å². The lowest BCUT2D eigenvalue weighted by Crippen LogP contribution is -2.45. The van der Waals surface area contributed by atoms with E-state index in [1.54, 1.807) is 18.7 Å². The molecule has 120 valence electrons. The number of hydrogen-bond donors (Lipinski definition) is 1. The summed E-state index contributed by atoms with van der Waals surface area (Å²) in [4.78, 5) is 25.3. The first-order valence-electron chi connectivity index (χ1n) is 7.59. The highest BCUT2D eigenvalue weighted by atomic mass is 16.6. The van der Waals surface area contributed by atoms with E-state index in [0.29, 0.717) is 26.3 Å². The molecule has 0 aliphatic carbocycles. The number of amides is 2. The number of nitrogens with zero attached hydrogens (tertiary/aromatic N) is 1. The van der Waals surface area contributed by atoms with E-state index < -0.39 is 6.09 Å². The Morgan fingerprint density at radius 1 is 1.23 bits per heavy atom. The largest absolute Gasteiger partial charge is 0.450 e. The summed E-state index contributed by atoms with van der Waals surface area (Å²) in [6, 6.07) is 7.71. The van der Waals surface area contributed by atoms with Crippen molar-refractivity contribution < 1.29 is 19.1 Å². The molecule has 2 amide bonds. The Morgan fingerprint density at radius 3 is 2.68 bits per heavy atom. The summed E-state index contributed by atoms with van der Waals surface area (Å²) in [6.45, 7) is 5.05. The van der Waals surface area contributed by atoms with E-state index in [1.165, 1.54) is 5.56 Å². The first-order valence-corrected chi connectivity index (χ1v) is 7.59. The van der Waals surface area contributed by atoms with Crippen molar-refractivity contribution in [2.45, 2.75) is 26.3 Å². The highest BCUT2D eigenvalue weighted by Gasteiger charge is 2.31. The molecule has 1 aromatic rings. The van der Waals surface area contributed by atoms with Crippen LogP contribution in [-0.2, 0) is 15.9 Å². The van der Waals surface area contributed by atoms with Crippen molar-refractivity contribution >= 4 is 12.2 Å². The highest BCUT2D eigenvalue weighted by molar-refractivity contribution is 5.70. The minimum absolute atomic E-state index is 0.242. The Morgan fingerprint density at radius 2 is 1.95 bits per heavy atom. The average molecular weight is 306 g/mol. The number of nitrogens with one attached hydrogen (secondary N) is 1. The van der Waals surface area contributed by atoms with Crippen LogP contribution >= 0.6 is 0 Å². The second-order valence-corrected chi connectivity index (χ2v) is 4.96. The predicted molar refractivity (Wildman–Crippen MR) is 81.6 cm³/mol. The molecule has 0 spiro atoms. The van der Waals surface area contributed by atoms with Crippen molar-refractivity contribution in [1.29, 1.82) is 0 Å². The molecular weight excluding hydrogens is 284 g/mol. The van der Waals surface area contributed by atoms with Crippen LogP contribution < -0.4 is 5.32 Å². The van der Waals surface area contributed by atoms with Gasteiger partial charge in [0.05, 0.1) is 19.3 Å². The van der Waals surface area contributed by atoms with E-state index in [0.717, 1.165) is 12.0 Å². The monoisotopic (exact) mass is 306 g/mol. The zero-order valence-electron chi connectivity index (χ0n) is 13.0. The van der Waals surface area contributed by atoms with Crippen molar-refractivity contribution in [3.63, 3.8) is 0 Å². The van der Waals surface area contributed by atoms with E-state index >= 15 is 0 Å². The smallest absolute Gasteiger partial charge is 0.410 e. The molecule has 0 aromatic heterocycles. The van der Waals surface area contributed by atoms with Crippen molar-refractivity contribution in [3.05, 3.63) is 35.4 Å².